The Hall–Kier alpha value is -2.14. The van der Waals surface area contributed by atoms with E-state index in [1.807, 2.05) is 42.8 Å². The fraction of sp³-hybridized carbons (Fsp3) is 0.412. The van der Waals surface area contributed by atoms with Gasteiger partial charge in [-0.3, -0.25) is 4.79 Å². The van der Waals surface area contributed by atoms with Gasteiger partial charge in [0.2, 0.25) is 0 Å². The second-order valence-corrected chi connectivity index (χ2v) is 6.20. The van der Waals surface area contributed by atoms with E-state index in [9.17, 15) is 9.90 Å². The summed E-state index contributed by atoms with van der Waals surface area (Å²) in [6.45, 7) is 4.80. The highest BCUT2D eigenvalue weighted by Gasteiger charge is 2.15. The van der Waals surface area contributed by atoms with E-state index >= 15 is 0 Å². The van der Waals surface area contributed by atoms with Crippen molar-refractivity contribution >= 4 is 5.91 Å². The molecule has 2 rings (SSSR count). The lowest BCUT2D eigenvalue weighted by atomic mass is 9.89. The molecule has 0 saturated carbocycles. The molecule has 5 heteroatoms. The maximum atomic E-state index is 12.2. The molecule has 0 unspecified atom stereocenters. The summed E-state index contributed by atoms with van der Waals surface area (Å²) in [5, 5.41) is 12.1. The number of imidazole rings is 1. The van der Waals surface area contributed by atoms with E-state index in [1.165, 1.54) is 0 Å². The molecule has 0 aliphatic rings. The molecule has 118 valence electrons. The summed E-state index contributed by atoms with van der Waals surface area (Å²) in [4.78, 5) is 16.2. The molecule has 0 bridgehead atoms. The average Bonchev–Trinajstić information content (AvgIpc) is 3.06. The van der Waals surface area contributed by atoms with Gasteiger partial charge in [0.05, 0.1) is 6.33 Å². The van der Waals surface area contributed by atoms with Gasteiger partial charge in [-0.1, -0.05) is 19.9 Å². The van der Waals surface area contributed by atoms with Crippen LogP contribution in [0.1, 0.15) is 37.0 Å². The number of aromatic nitrogens is 2. The number of rotatable bonds is 7. The number of amides is 1. The standard InChI is InChI=1S/C17H23N3O2/c1-17(2,12-21)7-4-8-19-16(22)14-5-3-6-15(11-14)20-10-9-18-13-20/h3,5-6,9-11,13,21H,4,7-8,12H2,1-2H3,(H,19,22). The third-order valence-electron chi connectivity index (χ3n) is 3.65. The van der Waals surface area contributed by atoms with Crippen molar-refractivity contribution in [2.24, 2.45) is 5.41 Å². The number of nitrogens with zero attached hydrogens (tertiary/aromatic N) is 2. The molecule has 0 atom stereocenters. The van der Waals surface area contributed by atoms with E-state index in [1.54, 1.807) is 18.6 Å². The molecule has 0 fully saturated rings. The smallest absolute Gasteiger partial charge is 0.251 e. The van der Waals surface area contributed by atoms with Crippen molar-refractivity contribution in [3.05, 3.63) is 48.5 Å². The van der Waals surface area contributed by atoms with Gasteiger partial charge < -0.3 is 15.0 Å². The van der Waals surface area contributed by atoms with Crippen molar-refractivity contribution in [1.82, 2.24) is 14.9 Å². The van der Waals surface area contributed by atoms with Crippen molar-refractivity contribution in [3.8, 4) is 5.69 Å². The summed E-state index contributed by atoms with van der Waals surface area (Å²) in [7, 11) is 0. The SMILES string of the molecule is CC(C)(CO)CCCNC(=O)c1cccc(-n2ccnc2)c1. The predicted octanol–water partition coefficient (Wildman–Crippen LogP) is 2.40. The Morgan fingerprint density at radius 3 is 2.91 bits per heavy atom. The summed E-state index contributed by atoms with van der Waals surface area (Å²) >= 11 is 0. The van der Waals surface area contributed by atoms with Crippen molar-refractivity contribution in [1.29, 1.82) is 0 Å². The number of carbonyl (C=O) groups excluding carboxylic acids is 1. The number of hydrogen-bond donors (Lipinski definition) is 2. The quantitative estimate of drug-likeness (QED) is 0.772. The molecule has 0 aliphatic heterocycles. The predicted molar refractivity (Wildman–Crippen MR) is 86.0 cm³/mol. The minimum Gasteiger partial charge on any atom is -0.396 e. The zero-order valence-electron chi connectivity index (χ0n) is 13.1. The van der Waals surface area contributed by atoms with E-state index in [0.717, 1.165) is 18.5 Å². The van der Waals surface area contributed by atoms with Gasteiger partial charge in [-0.15, -0.1) is 0 Å². The van der Waals surface area contributed by atoms with Gasteiger partial charge in [-0.25, -0.2) is 4.98 Å². The Morgan fingerprint density at radius 2 is 2.23 bits per heavy atom. The molecule has 2 N–H and O–H groups in total. The third kappa shape index (κ3) is 4.43. The molecule has 0 radical (unpaired) electrons. The zero-order chi connectivity index (χ0) is 16.0. The average molecular weight is 301 g/mol. The van der Waals surface area contributed by atoms with Crippen LogP contribution >= 0.6 is 0 Å². The molecular weight excluding hydrogens is 278 g/mol. The first kappa shape index (κ1) is 16.2. The molecule has 0 saturated heterocycles. The lowest BCUT2D eigenvalue weighted by Gasteiger charge is -2.21. The molecule has 22 heavy (non-hydrogen) atoms. The maximum absolute atomic E-state index is 12.2. The summed E-state index contributed by atoms with van der Waals surface area (Å²) < 4.78 is 1.86. The molecule has 1 aromatic carbocycles. The zero-order valence-corrected chi connectivity index (χ0v) is 13.1. The highest BCUT2D eigenvalue weighted by atomic mass is 16.3. The van der Waals surface area contributed by atoms with Crippen LogP contribution in [0.3, 0.4) is 0 Å². The first-order valence-electron chi connectivity index (χ1n) is 7.49. The van der Waals surface area contributed by atoms with E-state index in [2.05, 4.69) is 10.3 Å². The van der Waals surface area contributed by atoms with Gasteiger partial charge in [0.1, 0.15) is 0 Å². The first-order valence-corrected chi connectivity index (χ1v) is 7.49. The first-order chi connectivity index (χ1) is 10.5. The number of aliphatic hydroxyl groups is 1. The van der Waals surface area contributed by atoms with E-state index in [0.29, 0.717) is 12.1 Å². The van der Waals surface area contributed by atoms with E-state index in [4.69, 9.17) is 0 Å². The Morgan fingerprint density at radius 1 is 1.41 bits per heavy atom. The van der Waals surface area contributed by atoms with Crippen molar-refractivity contribution in [3.63, 3.8) is 0 Å². The number of aliphatic hydroxyl groups excluding tert-OH is 1. The van der Waals surface area contributed by atoms with Gasteiger partial charge in [0.25, 0.3) is 5.91 Å². The van der Waals surface area contributed by atoms with Crippen LogP contribution in [0.4, 0.5) is 0 Å². The molecule has 5 nitrogen and oxygen atoms in total. The second kappa shape index (κ2) is 7.22. The highest BCUT2D eigenvalue weighted by molar-refractivity contribution is 5.94. The van der Waals surface area contributed by atoms with Crippen LogP contribution in [0.15, 0.2) is 43.0 Å². The molecule has 1 heterocycles. The minimum atomic E-state index is -0.0912. The van der Waals surface area contributed by atoms with Crippen LogP contribution in [0.25, 0.3) is 5.69 Å². The highest BCUT2D eigenvalue weighted by Crippen LogP contribution is 2.20. The van der Waals surface area contributed by atoms with Gasteiger partial charge in [0, 0.05) is 36.8 Å². The van der Waals surface area contributed by atoms with Crippen LogP contribution in [-0.2, 0) is 0 Å². The molecule has 2 aromatic rings. The fourth-order valence-corrected chi connectivity index (χ4v) is 2.17. The maximum Gasteiger partial charge on any atom is 0.251 e. The Balaban J connectivity index is 1.89. The lowest BCUT2D eigenvalue weighted by Crippen LogP contribution is -2.26. The summed E-state index contributed by atoms with van der Waals surface area (Å²) in [5.41, 5.74) is 1.45. The number of hydrogen-bond acceptors (Lipinski definition) is 3. The minimum absolute atomic E-state index is 0.0798. The molecular formula is C17H23N3O2. The van der Waals surface area contributed by atoms with Crippen LogP contribution in [0, 0.1) is 5.41 Å². The molecule has 1 amide bonds. The lowest BCUT2D eigenvalue weighted by molar-refractivity contribution is 0.0948. The molecule has 1 aromatic heterocycles. The summed E-state index contributed by atoms with van der Waals surface area (Å²) in [6, 6.07) is 7.43. The molecule has 0 aliphatic carbocycles. The van der Waals surface area contributed by atoms with Crippen LogP contribution in [0.2, 0.25) is 0 Å². The van der Waals surface area contributed by atoms with Crippen molar-refractivity contribution in [2.45, 2.75) is 26.7 Å². The number of benzene rings is 1. The third-order valence-corrected chi connectivity index (χ3v) is 3.65. The monoisotopic (exact) mass is 301 g/mol. The van der Waals surface area contributed by atoms with E-state index in [-0.39, 0.29) is 17.9 Å². The summed E-state index contributed by atoms with van der Waals surface area (Å²) in [6.07, 6.45) is 6.97. The molecule has 0 spiro atoms. The Labute approximate surface area is 131 Å². The topological polar surface area (TPSA) is 67.2 Å². The fourth-order valence-electron chi connectivity index (χ4n) is 2.17. The summed E-state index contributed by atoms with van der Waals surface area (Å²) in [5.74, 6) is -0.0798. The Bertz CT molecular complexity index is 606. The van der Waals surface area contributed by atoms with Gasteiger partial charge >= 0.3 is 0 Å². The van der Waals surface area contributed by atoms with Gasteiger partial charge in [-0.2, -0.15) is 0 Å². The second-order valence-electron chi connectivity index (χ2n) is 6.20. The van der Waals surface area contributed by atoms with E-state index < -0.39 is 0 Å². The van der Waals surface area contributed by atoms with Gasteiger partial charge in [0.15, 0.2) is 0 Å². The normalized spacial score (nSPS) is 11.4. The van der Waals surface area contributed by atoms with Crippen molar-refractivity contribution in [2.75, 3.05) is 13.2 Å². The number of nitrogens with one attached hydrogen (secondary N) is 1. The van der Waals surface area contributed by atoms with Gasteiger partial charge in [-0.05, 0) is 36.5 Å². The van der Waals surface area contributed by atoms with Crippen LogP contribution in [-0.4, -0.2) is 33.7 Å². The number of carbonyl (C=O) groups is 1. The Kier molecular flexibility index (Phi) is 5.33. The van der Waals surface area contributed by atoms with Crippen LogP contribution < -0.4 is 5.32 Å². The van der Waals surface area contributed by atoms with Crippen molar-refractivity contribution < 1.29 is 9.90 Å². The van der Waals surface area contributed by atoms with Crippen LogP contribution in [0.5, 0.6) is 0 Å². The largest absolute Gasteiger partial charge is 0.396 e.